The minimum absolute atomic E-state index is 0.152. The minimum atomic E-state index is -0.493. The van der Waals surface area contributed by atoms with Gasteiger partial charge in [0.25, 0.3) is 0 Å². The van der Waals surface area contributed by atoms with Crippen LogP contribution in [0.3, 0.4) is 0 Å². The number of rotatable bonds is 5. The topological polar surface area (TPSA) is 90.5 Å². The fraction of sp³-hybridized carbons (Fsp3) is 0.474. The number of nitrogens with zero attached hydrogens (tertiary/aromatic N) is 4. The molecule has 1 aromatic rings. The maximum atomic E-state index is 12.5. The van der Waals surface area contributed by atoms with Gasteiger partial charge in [-0.25, -0.2) is 4.79 Å². The summed E-state index contributed by atoms with van der Waals surface area (Å²) in [5, 5.41) is 0. The molecule has 0 unspecified atom stereocenters. The first-order chi connectivity index (χ1) is 13.7. The predicted octanol–water partition coefficient (Wildman–Crippen LogP) is 0.0140. The maximum absolute atomic E-state index is 12.5. The molecule has 1 aliphatic heterocycles. The van der Waals surface area contributed by atoms with Crippen LogP contribution in [0.5, 0.6) is 0 Å². The van der Waals surface area contributed by atoms with E-state index in [-0.39, 0.29) is 19.7 Å². The molecule has 1 heterocycles. The summed E-state index contributed by atoms with van der Waals surface area (Å²) in [6.07, 6.45) is 1.64. The number of benzene rings is 1. The van der Waals surface area contributed by atoms with Crippen LogP contribution in [-0.2, 0) is 25.7 Å². The first kappa shape index (κ1) is 21.2. The van der Waals surface area contributed by atoms with Gasteiger partial charge in [-0.15, -0.1) is 0 Å². The molecule has 1 aromatic carbocycles. The quantitative estimate of drug-likeness (QED) is 0.661. The normalized spacial score (nSPS) is 16.6. The van der Waals surface area contributed by atoms with Crippen molar-refractivity contribution < 1.29 is 23.9 Å². The second-order valence-electron chi connectivity index (χ2n) is 6.45. The van der Waals surface area contributed by atoms with Gasteiger partial charge in [0.05, 0.1) is 0 Å². The van der Waals surface area contributed by atoms with Crippen LogP contribution in [0.15, 0.2) is 30.3 Å². The number of carbonyl (C=O) groups excluding carboxylic acids is 4. The SMILES string of the molecule is O=CN1CCN(C=O)CCN(C(=O)OCc2ccccc2)CCN(C=O)CC1. The van der Waals surface area contributed by atoms with Gasteiger partial charge in [-0.3, -0.25) is 14.4 Å². The molecule has 9 heteroatoms. The Morgan fingerprint density at radius 1 is 0.750 bits per heavy atom. The molecule has 0 aromatic heterocycles. The Morgan fingerprint density at radius 3 is 1.61 bits per heavy atom. The van der Waals surface area contributed by atoms with Crippen molar-refractivity contribution in [3.8, 4) is 0 Å². The molecule has 1 saturated heterocycles. The maximum Gasteiger partial charge on any atom is 0.410 e. The van der Waals surface area contributed by atoms with E-state index in [1.165, 1.54) is 19.6 Å². The van der Waals surface area contributed by atoms with Gasteiger partial charge in [-0.1, -0.05) is 30.3 Å². The van der Waals surface area contributed by atoms with Crippen molar-refractivity contribution in [2.75, 3.05) is 52.4 Å². The number of hydrogen-bond donors (Lipinski definition) is 0. The van der Waals surface area contributed by atoms with Crippen molar-refractivity contribution in [2.24, 2.45) is 0 Å². The summed E-state index contributed by atoms with van der Waals surface area (Å²) in [6.45, 7) is 2.79. The smallest absolute Gasteiger partial charge is 0.410 e. The molecule has 28 heavy (non-hydrogen) atoms. The van der Waals surface area contributed by atoms with Crippen LogP contribution in [0, 0.1) is 0 Å². The number of hydrogen-bond acceptors (Lipinski definition) is 5. The zero-order valence-corrected chi connectivity index (χ0v) is 15.8. The molecule has 0 radical (unpaired) electrons. The zero-order valence-electron chi connectivity index (χ0n) is 15.8. The van der Waals surface area contributed by atoms with Crippen LogP contribution in [0.1, 0.15) is 5.56 Å². The molecular formula is C19H26N4O5. The van der Waals surface area contributed by atoms with Crippen molar-refractivity contribution in [3.63, 3.8) is 0 Å². The molecule has 1 fully saturated rings. The van der Waals surface area contributed by atoms with Crippen LogP contribution in [0.25, 0.3) is 0 Å². The van der Waals surface area contributed by atoms with Crippen LogP contribution in [0.2, 0.25) is 0 Å². The molecule has 2 rings (SSSR count). The largest absolute Gasteiger partial charge is 0.445 e. The lowest BCUT2D eigenvalue weighted by Crippen LogP contribution is -2.46. The highest BCUT2D eigenvalue weighted by Crippen LogP contribution is 2.05. The van der Waals surface area contributed by atoms with Crippen molar-refractivity contribution in [1.29, 1.82) is 0 Å². The monoisotopic (exact) mass is 390 g/mol. The molecule has 0 aliphatic carbocycles. The summed E-state index contributed by atoms with van der Waals surface area (Å²) < 4.78 is 5.38. The molecule has 0 atom stereocenters. The highest BCUT2D eigenvalue weighted by molar-refractivity contribution is 5.67. The van der Waals surface area contributed by atoms with E-state index >= 15 is 0 Å². The Kier molecular flexibility index (Phi) is 8.77. The first-order valence-corrected chi connectivity index (χ1v) is 9.20. The average molecular weight is 390 g/mol. The van der Waals surface area contributed by atoms with E-state index in [4.69, 9.17) is 4.74 Å². The van der Waals surface area contributed by atoms with Gasteiger partial charge in [0.1, 0.15) is 6.61 Å². The molecule has 4 amide bonds. The number of amides is 4. The summed E-state index contributed by atoms with van der Waals surface area (Å²) in [4.78, 5) is 52.3. The van der Waals surface area contributed by atoms with E-state index in [1.807, 2.05) is 30.3 Å². The van der Waals surface area contributed by atoms with Gasteiger partial charge < -0.3 is 24.3 Å². The third-order valence-corrected chi connectivity index (χ3v) is 4.57. The minimum Gasteiger partial charge on any atom is -0.445 e. The van der Waals surface area contributed by atoms with Crippen molar-refractivity contribution in [3.05, 3.63) is 35.9 Å². The lowest BCUT2D eigenvalue weighted by atomic mass is 10.2. The number of ether oxygens (including phenoxy) is 1. The lowest BCUT2D eigenvalue weighted by Gasteiger charge is -2.30. The Bertz CT molecular complexity index is 618. The van der Waals surface area contributed by atoms with E-state index in [9.17, 15) is 19.2 Å². The molecule has 0 N–H and O–H groups in total. The molecule has 152 valence electrons. The Balaban J connectivity index is 2.00. The predicted molar refractivity (Wildman–Crippen MR) is 101 cm³/mol. The fourth-order valence-corrected chi connectivity index (χ4v) is 2.77. The third kappa shape index (κ3) is 6.90. The second-order valence-corrected chi connectivity index (χ2v) is 6.45. The van der Waals surface area contributed by atoms with Gasteiger partial charge in [-0.05, 0) is 5.56 Å². The average Bonchev–Trinajstić information content (AvgIpc) is 2.73. The van der Waals surface area contributed by atoms with Crippen LogP contribution in [-0.4, -0.2) is 97.3 Å². The summed E-state index contributed by atoms with van der Waals surface area (Å²) >= 11 is 0. The van der Waals surface area contributed by atoms with Crippen LogP contribution < -0.4 is 0 Å². The third-order valence-electron chi connectivity index (χ3n) is 4.57. The van der Waals surface area contributed by atoms with Gasteiger partial charge >= 0.3 is 6.09 Å². The van der Waals surface area contributed by atoms with Crippen molar-refractivity contribution >= 4 is 25.3 Å². The van der Waals surface area contributed by atoms with E-state index in [1.54, 1.807) is 0 Å². The standard InChI is InChI=1S/C19H26N4O5/c24-15-20-6-8-21(16-25)10-12-23(13-11-22(17-26)9-7-20)19(27)28-14-18-4-2-1-3-5-18/h1-5,15-17H,6-14H2. The second kappa shape index (κ2) is 11.6. The first-order valence-electron chi connectivity index (χ1n) is 9.20. The summed E-state index contributed by atoms with van der Waals surface area (Å²) in [5.41, 5.74) is 0.878. The Morgan fingerprint density at radius 2 is 1.18 bits per heavy atom. The van der Waals surface area contributed by atoms with Gasteiger partial charge in [0.2, 0.25) is 19.2 Å². The van der Waals surface area contributed by atoms with Crippen LogP contribution in [0.4, 0.5) is 4.79 Å². The molecule has 0 spiro atoms. The molecule has 1 aliphatic rings. The molecule has 0 bridgehead atoms. The van der Waals surface area contributed by atoms with E-state index in [2.05, 4.69) is 0 Å². The van der Waals surface area contributed by atoms with E-state index in [0.717, 1.165) is 5.56 Å². The Hall–Kier alpha value is -3.10. The van der Waals surface area contributed by atoms with Crippen molar-refractivity contribution in [1.82, 2.24) is 19.6 Å². The molecule has 0 saturated carbocycles. The number of carbonyl (C=O) groups is 4. The van der Waals surface area contributed by atoms with Gasteiger partial charge in [0.15, 0.2) is 0 Å². The lowest BCUT2D eigenvalue weighted by molar-refractivity contribution is -0.123. The summed E-state index contributed by atoms with van der Waals surface area (Å²) in [6, 6.07) is 9.35. The zero-order chi connectivity index (χ0) is 20.2. The summed E-state index contributed by atoms with van der Waals surface area (Å²) in [5.74, 6) is 0. The van der Waals surface area contributed by atoms with Crippen LogP contribution >= 0.6 is 0 Å². The van der Waals surface area contributed by atoms with Crippen molar-refractivity contribution in [2.45, 2.75) is 6.61 Å². The van der Waals surface area contributed by atoms with Gasteiger partial charge in [-0.2, -0.15) is 0 Å². The molecular weight excluding hydrogens is 364 g/mol. The van der Waals surface area contributed by atoms with Gasteiger partial charge in [0, 0.05) is 52.4 Å². The van der Waals surface area contributed by atoms with E-state index < -0.39 is 6.09 Å². The van der Waals surface area contributed by atoms with E-state index in [0.29, 0.717) is 58.5 Å². The molecule has 9 nitrogen and oxygen atoms in total. The Labute approximate surface area is 164 Å². The highest BCUT2D eigenvalue weighted by Gasteiger charge is 2.19. The highest BCUT2D eigenvalue weighted by atomic mass is 16.6. The summed E-state index contributed by atoms with van der Waals surface area (Å²) in [7, 11) is 0. The fourth-order valence-electron chi connectivity index (χ4n) is 2.77.